The molecule has 0 saturated carbocycles. The molecule has 0 aliphatic heterocycles. The van der Waals surface area contributed by atoms with E-state index in [-0.39, 0.29) is 23.8 Å². The molecule has 7 nitrogen and oxygen atoms in total. The topological polar surface area (TPSA) is 86.8 Å². The lowest BCUT2D eigenvalue weighted by Gasteiger charge is -2.32. The van der Waals surface area contributed by atoms with Crippen LogP contribution in [-0.2, 0) is 32.6 Å². The zero-order valence-corrected chi connectivity index (χ0v) is 22.0. The van der Waals surface area contributed by atoms with Gasteiger partial charge in [0.15, 0.2) is 0 Å². The molecule has 37 heavy (non-hydrogen) atoms. The molecule has 0 radical (unpaired) electrons. The molecule has 9 heteroatoms. The number of likely N-dealkylation sites (N-methyl/N-ethyl adjacent to an activating group) is 2. The van der Waals surface area contributed by atoms with Gasteiger partial charge in [-0.05, 0) is 49.2 Å². The normalized spacial score (nSPS) is 12.2. The number of nitrogens with zero attached hydrogens (tertiary/aromatic N) is 2. The van der Waals surface area contributed by atoms with Gasteiger partial charge in [-0.2, -0.15) is 4.31 Å². The van der Waals surface area contributed by atoms with Crippen LogP contribution >= 0.6 is 0 Å². The zero-order valence-electron chi connectivity index (χ0n) is 21.2. The molecule has 0 aromatic heterocycles. The highest BCUT2D eigenvalue weighted by Crippen LogP contribution is 2.18. The second-order valence-corrected chi connectivity index (χ2v) is 10.9. The maximum Gasteiger partial charge on any atom is 0.243 e. The highest BCUT2D eigenvalue weighted by molar-refractivity contribution is 7.89. The van der Waals surface area contributed by atoms with Crippen LogP contribution in [0.25, 0.3) is 0 Å². The molecular formula is C28H32FN3O4S. The first-order valence-corrected chi connectivity index (χ1v) is 13.4. The Hall–Kier alpha value is -3.56. The zero-order chi connectivity index (χ0) is 27.0. The van der Waals surface area contributed by atoms with E-state index in [1.807, 2.05) is 37.3 Å². The van der Waals surface area contributed by atoms with Gasteiger partial charge in [-0.1, -0.05) is 60.2 Å². The highest BCUT2D eigenvalue weighted by atomic mass is 32.2. The van der Waals surface area contributed by atoms with Crippen LogP contribution < -0.4 is 5.32 Å². The summed E-state index contributed by atoms with van der Waals surface area (Å²) in [7, 11) is -2.61. The van der Waals surface area contributed by atoms with Gasteiger partial charge >= 0.3 is 0 Å². The van der Waals surface area contributed by atoms with E-state index in [9.17, 15) is 22.4 Å². The van der Waals surface area contributed by atoms with Gasteiger partial charge in [0.1, 0.15) is 11.9 Å². The van der Waals surface area contributed by atoms with Crippen LogP contribution in [0, 0.1) is 12.7 Å². The fourth-order valence-electron chi connectivity index (χ4n) is 3.89. The van der Waals surface area contributed by atoms with Gasteiger partial charge in [-0.15, -0.1) is 0 Å². The van der Waals surface area contributed by atoms with E-state index in [0.29, 0.717) is 12.1 Å². The monoisotopic (exact) mass is 525 g/mol. The van der Waals surface area contributed by atoms with Gasteiger partial charge in [0, 0.05) is 26.6 Å². The lowest BCUT2D eigenvalue weighted by Crippen LogP contribution is -2.53. The molecule has 0 fully saturated rings. The predicted octanol–water partition coefficient (Wildman–Crippen LogP) is 3.53. The van der Waals surface area contributed by atoms with E-state index >= 15 is 0 Å². The Labute approximate surface area is 218 Å². The fraction of sp³-hybridized carbons (Fsp3) is 0.286. The van der Waals surface area contributed by atoms with Crippen LogP contribution in [-0.4, -0.2) is 55.6 Å². The van der Waals surface area contributed by atoms with E-state index in [2.05, 4.69) is 5.32 Å². The Bertz CT molecular complexity index is 1300. The van der Waals surface area contributed by atoms with Crippen LogP contribution in [0.4, 0.5) is 4.39 Å². The number of hydrogen-bond acceptors (Lipinski definition) is 4. The minimum absolute atomic E-state index is 0.00612. The summed E-state index contributed by atoms with van der Waals surface area (Å²) < 4.78 is 40.8. The van der Waals surface area contributed by atoms with Crippen molar-refractivity contribution in [2.24, 2.45) is 0 Å². The molecule has 0 saturated heterocycles. The molecule has 3 aromatic carbocycles. The van der Waals surface area contributed by atoms with E-state index < -0.39 is 34.3 Å². The highest BCUT2D eigenvalue weighted by Gasteiger charge is 2.32. The number of benzene rings is 3. The Morgan fingerprint density at radius 1 is 0.919 bits per heavy atom. The maximum atomic E-state index is 13.7. The average Bonchev–Trinajstić information content (AvgIpc) is 2.88. The van der Waals surface area contributed by atoms with Gasteiger partial charge in [-0.25, -0.2) is 12.8 Å². The van der Waals surface area contributed by atoms with Gasteiger partial charge in [0.2, 0.25) is 21.8 Å². The van der Waals surface area contributed by atoms with Crippen LogP contribution in [0.1, 0.15) is 23.6 Å². The third kappa shape index (κ3) is 7.47. The number of carbonyl (C=O) groups excluding carboxylic acids is 2. The van der Waals surface area contributed by atoms with Crippen molar-refractivity contribution in [3.8, 4) is 0 Å². The number of aryl methyl sites for hydroxylation is 1. The summed E-state index contributed by atoms with van der Waals surface area (Å²) in [6, 6.07) is 20.4. The summed E-state index contributed by atoms with van der Waals surface area (Å²) in [5.74, 6) is -1.32. The predicted molar refractivity (Wildman–Crippen MR) is 141 cm³/mol. The van der Waals surface area contributed by atoms with Crippen molar-refractivity contribution in [2.75, 3.05) is 20.1 Å². The third-order valence-corrected chi connectivity index (χ3v) is 7.79. The van der Waals surface area contributed by atoms with Crippen LogP contribution in [0.2, 0.25) is 0 Å². The number of sulfonamides is 1. The quantitative estimate of drug-likeness (QED) is 0.415. The number of rotatable bonds is 11. The standard InChI is InChI=1S/C28H32FN3O4S/c1-4-30-28(34)26(18-22-8-6-5-7-9-22)32(19-23-12-14-24(29)15-13-23)27(33)20-31(3)37(35,36)25-16-10-21(2)11-17-25/h5-17,26H,4,18-20H2,1-3H3,(H,30,34). The summed E-state index contributed by atoms with van der Waals surface area (Å²) in [4.78, 5) is 28.3. The molecule has 2 amide bonds. The van der Waals surface area contributed by atoms with Crippen LogP contribution in [0.3, 0.4) is 0 Å². The maximum absolute atomic E-state index is 13.7. The van der Waals surface area contributed by atoms with E-state index in [1.165, 1.54) is 36.2 Å². The molecule has 0 aliphatic rings. The SMILES string of the molecule is CCNC(=O)C(Cc1ccccc1)N(Cc1ccc(F)cc1)C(=O)CN(C)S(=O)(=O)c1ccc(C)cc1. The molecule has 196 valence electrons. The fourth-order valence-corrected chi connectivity index (χ4v) is 5.01. The van der Waals surface area contributed by atoms with E-state index in [0.717, 1.165) is 15.4 Å². The van der Waals surface area contributed by atoms with E-state index in [1.54, 1.807) is 31.2 Å². The van der Waals surface area contributed by atoms with Crippen molar-refractivity contribution >= 4 is 21.8 Å². The average molecular weight is 526 g/mol. The van der Waals surface area contributed by atoms with Crippen molar-refractivity contribution in [2.45, 2.75) is 37.8 Å². The summed E-state index contributed by atoms with van der Waals surface area (Å²) in [6.07, 6.45) is 0.230. The lowest BCUT2D eigenvalue weighted by atomic mass is 10.0. The molecule has 1 N–H and O–H groups in total. The Balaban J connectivity index is 1.94. The van der Waals surface area contributed by atoms with Gasteiger partial charge in [0.25, 0.3) is 0 Å². The summed E-state index contributed by atoms with van der Waals surface area (Å²) in [5, 5.41) is 2.79. The molecule has 0 bridgehead atoms. The first-order chi connectivity index (χ1) is 17.6. The minimum atomic E-state index is -3.94. The Kier molecular flexibility index (Phi) is 9.54. The number of amides is 2. The van der Waals surface area contributed by atoms with Gasteiger partial charge in [-0.3, -0.25) is 9.59 Å². The molecular weight excluding hydrogens is 493 g/mol. The number of carbonyl (C=O) groups is 2. The number of hydrogen-bond donors (Lipinski definition) is 1. The smallest absolute Gasteiger partial charge is 0.243 e. The van der Waals surface area contributed by atoms with Crippen molar-refractivity contribution in [3.63, 3.8) is 0 Å². The minimum Gasteiger partial charge on any atom is -0.355 e. The summed E-state index contributed by atoms with van der Waals surface area (Å²) in [5.41, 5.74) is 2.37. The van der Waals surface area contributed by atoms with Crippen LogP contribution in [0.15, 0.2) is 83.8 Å². The summed E-state index contributed by atoms with van der Waals surface area (Å²) >= 11 is 0. The van der Waals surface area contributed by atoms with Crippen LogP contribution in [0.5, 0.6) is 0 Å². The van der Waals surface area contributed by atoms with Crippen molar-refractivity contribution in [3.05, 3.63) is 101 Å². The first kappa shape index (κ1) is 28.0. The second-order valence-electron chi connectivity index (χ2n) is 8.82. The Morgan fingerprint density at radius 2 is 1.54 bits per heavy atom. The molecule has 0 aliphatic carbocycles. The first-order valence-electron chi connectivity index (χ1n) is 12.0. The molecule has 1 unspecified atom stereocenters. The van der Waals surface area contributed by atoms with E-state index in [4.69, 9.17) is 0 Å². The third-order valence-electron chi connectivity index (χ3n) is 5.98. The van der Waals surface area contributed by atoms with Crippen molar-refractivity contribution in [1.29, 1.82) is 0 Å². The Morgan fingerprint density at radius 3 is 2.14 bits per heavy atom. The van der Waals surface area contributed by atoms with Gasteiger partial charge < -0.3 is 10.2 Å². The van der Waals surface area contributed by atoms with Crippen molar-refractivity contribution < 1.29 is 22.4 Å². The molecule has 0 heterocycles. The molecule has 0 spiro atoms. The molecule has 3 rings (SSSR count). The second kappa shape index (κ2) is 12.6. The van der Waals surface area contributed by atoms with Crippen molar-refractivity contribution in [1.82, 2.24) is 14.5 Å². The lowest BCUT2D eigenvalue weighted by molar-refractivity contribution is -0.141. The van der Waals surface area contributed by atoms with Gasteiger partial charge in [0.05, 0.1) is 11.4 Å². The number of nitrogens with one attached hydrogen (secondary N) is 1. The molecule has 3 aromatic rings. The summed E-state index contributed by atoms with van der Waals surface area (Å²) in [6.45, 7) is 3.54. The number of halogens is 1. The molecule has 1 atom stereocenters. The largest absolute Gasteiger partial charge is 0.355 e.